The average Bonchev–Trinajstić information content (AvgIpc) is 3.38. The van der Waals surface area contributed by atoms with Gasteiger partial charge in [-0.25, -0.2) is 0 Å². The monoisotopic (exact) mass is 436 g/mol. The molecule has 1 unspecified atom stereocenters. The minimum atomic E-state index is -0.890. The normalized spacial score (nSPS) is 59.3. The molecule has 1 N–H and O–H groups in total. The largest absolute Gasteiger partial charge is 0.393 e. The molecule has 0 radical (unpaired) electrons. The van der Waals surface area contributed by atoms with Gasteiger partial charge in [0.25, 0.3) is 0 Å². The molecule has 6 heteroatoms. The topological polar surface area (TPSA) is 57.2 Å². The van der Waals surface area contributed by atoms with Crippen molar-refractivity contribution in [1.29, 1.82) is 0 Å². The zero-order valence-electron chi connectivity index (χ0n) is 18.1. The third-order valence-electron chi connectivity index (χ3n) is 9.89. The molecule has 3 saturated carbocycles. The fourth-order valence-corrected chi connectivity index (χ4v) is 9.40. The van der Waals surface area contributed by atoms with Gasteiger partial charge < -0.3 is 24.1 Å². The molecule has 2 saturated heterocycles. The van der Waals surface area contributed by atoms with Crippen LogP contribution in [0.25, 0.3) is 0 Å². The number of allylic oxidation sites excluding steroid dienone is 4. The molecule has 30 heavy (non-hydrogen) atoms. The summed E-state index contributed by atoms with van der Waals surface area (Å²) in [6, 6.07) is 0. The second kappa shape index (κ2) is 6.33. The maximum absolute atomic E-state index is 11.7. The highest BCUT2D eigenvalue weighted by Crippen LogP contribution is 2.73. The van der Waals surface area contributed by atoms with Crippen LogP contribution in [0.1, 0.15) is 46.5 Å². The maximum Gasteiger partial charge on any atom is 0.227 e. The minimum Gasteiger partial charge on any atom is -0.393 e. The van der Waals surface area contributed by atoms with Gasteiger partial charge in [-0.1, -0.05) is 44.6 Å². The highest BCUT2D eigenvalue weighted by molar-refractivity contribution is 6.21. The number of rotatable bonds is 0. The summed E-state index contributed by atoms with van der Waals surface area (Å²) >= 11 is 7.16. The lowest BCUT2D eigenvalue weighted by atomic mass is 9.45. The smallest absolute Gasteiger partial charge is 0.227 e. The van der Waals surface area contributed by atoms with E-state index in [0.717, 1.165) is 19.3 Å². The molecule has 2 aliphatic heterocycles. The number of aliphatic hydroxyl groups is 1. The van der Waals surface area contributed by atoms with Crippen molar-refractivity contribution in [2.24, 2.45) is 34.5 Å². The summed E-state index contributed by atoms with van der Waals surface area (Å²) in [6.07, 6.45) is 9.99. The van der Waals surface area contributed by atoms with Crippen LogP contribution in [0.5, 0.6) is 0 Å². The number of hydrogen-bond donors (Lipinski definition) is 1. The maximum atomic E-state index is 11.7. The van der Waals surface area contributed by atoms with Crippen LogP contribution in [0.15, 0.2) is 23.8 Å². The van der Waals surface area contributed by atoms with Crippen molar-refractivity contribution in [3.63, 3.8) is 0 Å². The van der Waals surface area contributed by atoms with Crippen molar-refractivity contribution >= 4 is 11.6 Å². The van der Waals surface area contributed by atoms with E-state index in [1.54, 1.807) is 0 Å². The number of aliphatic hydroxyl groups excluding tert-OH is 1. The number of alkyl halides is 1. The second-order valence-corrected chi connectivity index (χ2v) is 11.5. The lowest BCUT2D eigenvalue weighted by Gasteiger charge is -2.62. The zero-order chi connectivity index (χ0) is 20.9. The Balaban J connectivity index is 1.47. The third kappa shape index (κ3) is 2.13. The summed E-state index contributed by atoms with van der Waals surface area (Å²) in [5.74, 6) is 0.00306. The van der Waals surface area contributed by atoms with Crippen molar-refractivity contribution in [2.75, 3.05) is 20.2 Å². The van der Waals surface area contributed by atoms with Gasteiger partial charge in [0, 0.05) is 22.1 Å². The Bertz CT molecular complexity index is 800. The van der Waals surface area contributed by atoms with E-state index in [2.05, 4.69) is 39.0 Å². The van der Waals surface area contributed by atoms with E-state index in [-0.39, 0.29) is 47.5 Å². The van der Waals surface area contributed by atoms with E-state index in [0.29, 0.717) is 18.9 Å². The number of halogens is 1. The van der Waals surface area contributed by atoms with Crippen molar-refractivity contribution in [1.82, 2.24) is 0 Å². The molecular weight excluding hydrogens is 404 g/mol. The molecule has 0 aromatic rings. The van der Waals surface area contributed by atoms with E-state index < -0.39 is 17.5 Å². The van der Waals surface area contributed by atoms with Crippen LogP contribution in [0, 0.1) is 34.5 Å². The molecule has 166 valence electrons. The average molecular weight is 437 g/mol. The van der Waals surface area contributed by atoms with Crippen LogP contribution in [0.3, 0.4) is 0 Å². The van der Waals surface area contributed by atoms with E-state index >= 15 is 0 Å². The molecule has 0 aromatic heterocycles. The molecule has 5 nitrogen and oxygen atoms in total. The highest BCUT2D eigenvalue weighted by atomic mass is 35.5. The van der Waals surface area contributed by atoms with E-state index in [1.165, 1.54) is 5.57 Å². The standard InChI is InChI=1S/C24H33ClO5/c1-14-8-16-19-17(25)9-15-6-4-5-7-21(15,2)20(19)18(26)10-22(16,3)24(14)23(29-13-30-24)11-27-12-28-23/h5-7,14,16-20,26H,4,8-13H2,1-3H3/t14-,16+,17-,18+,19-,20+,21+,22+,23?,24-/m1/s1. The Morgan fingerprint density at radius 2 is 1.97 bits per heavy atom. The summed E-state index contributed by atoms with van der Waals surface area (Å²) in [4.78, 5) is 0. The van der Waals surface area contributed by atoms with E-state index in [4.69, 9.17) is 30.5 Å². The quantitative estimate of drug-likeness (QED) is 0.459. The van der Waals surface area contributed by atoms with Crippen LogP contribution in [-0.4, -0.2) is 48.2 Å². The summed E-state index contributed by atoms with van der Waals surface area (Å²) in [6.45, 7) is 7.65. The molecule has 2 heterocycles. The molecule has 0 aromatic carbocycles. The lowest BCUT2D eigenvalue weighted by Crippen LogP contribution is -2.68. The Morgan fingerprint density at radius 1 is 1.17 bits per heavy atom. The van der Waals surface area contributed by atoms with Crippen LogP contribution in [-0.2, 0) is 18.9 Å². The van der Waals surface area contributed by atoms with Crippen molar-refractivity contribution in [2.45, 2.75) is 69.3 Å². The van der Waals surface area contributed by atoms with Gasteiger partial charge in [0.05, 0.1) is 6.10 Å². The van der Waals surface area contributed by atoms with Gasteiger partial charge in [-0.2, -0.15) is 0 Å². The number of hydrogen-bond acceptors (Lipinski definition) is 5. The summed E-state index contributed by atoms with van der Waals surface area (Å²) in [5.41, 5.74) is 0.342. The van der Waals surface area contributed by atoms with Gasteiger partial charge in [-0.15, -0.1) is 11.6 Å². The molecule has 4 aliphatic carbocycles. The summed E-state index contributed by atoms with van der Waals surface area (Å²) < 4.78 is 24.4. The first-order chi connectivity index (χ1) is 14.3. The van der Waals surface area contributed by atoms with Crippen molar-refractivity contribution < 1.29 is 24.1 Å². The van der Waals surface area contributed by atoms with Gasteiger partial charge >= 0.3 is 0 Å². The summed E-state index contributed by atoms with van der Waals surface area (Å²) in [5, 5.41) is 11.7. The molecule has 6 rings (SSSR count). The molecule has 10 atom stereocenters. The van der Waals surface area contributed by atoms with Gasteiger partial charge in [-0.3, -0.25) is 0 Å². The minimum absolute atomic E-state index is 0.0152. The highest BCUT2D eigenvalue weighted by Gasteiger charge is 2.79. The Morgan fingerprint density at radius 3 is 2.73 bits per heavy atom. The number of ether oxygens (including phenoxy) is 4. The molecule has 2 spiro atoms. The third-order valence-corrected chi connectivity index (χ3v) is 10.3. The SMILES string of the molecule is C[C@@H]1C[C@H]2[C@H]3[C@H]([C@@H](O)C[C@]2(C)[C@]12OCOC21COCO1)[C@@]1(C)C=CCC=C1C[C@H]3Cl. The van der Waals surface area contributed by atoms with Crippen molar-refractivity contribution in [3.8, 4) is 0 Å². The fraction of sp³-hybridized carbons (Fsp3) is 0.833. The van der Waals surface area contributed by atoms with Gasteiger partial charge in [0.15, 0.2) is 13.6 Å². The molecule has 5 fully saturated rings. The van der Waals surface area contributed by atoms with Gasteiger partial charge in [0.2, 0.25) is 5.79 Å². The van der Waals surface area contributed by atoms with Gasteiger partial charge in [0.1, 0.15) is 12.2 Å². The lowest BCUT2D eigenvalue weighted by molar-refractivity contribution is -0.265. The Labute approximate surface area is 183 Å². The first-order valence-corrected chi connectivity index (χ1v) is 11.9. The second-order valence-electron chi connectivity index (χ2n) is 10.9. The predicted octanol–water partition coefficient (Wildman–Crippen LogP) is 3.99. The van der Waals surface area contributed by atoms with Crippen LogP contribution < -0.4 is 0 Å². The Kier molecular flexibility index (Phi) is 4.26. The van der Waals surface area contributed by atoms with Gasteiger partial charge in [-0.05, 0) is 43.4 Å². The molecular formula is C24H33ClO5. The van der Waals surface area contributed by atoms with Crippen LogP contribution >= 0.6 is 11.6 Å². The van der Waals surface area contributed by atoms with Crippen LogP contribution in [0.2, 0.25) is 0 Å². The summed E-state index contributed by atoms with van der Waals surface area (Å²) in [7, 11) is 0. The van der Waals surface area contributed by atoms with Crippen molar-refractivity contribution in [3.05, 3.63) is 23.8 Å². The Hall–Kier alpha value is -0.430. The van der Waals surface area contributed by atoms with E-state index in [9.17, 15) is 5.11 Å². The molecule has 6 aliphatic rings. The van der Waals surface area contributed by atoms with Crippen LogP contribution in [0.4, 0.5) is 0 Å². The first-order valence-electron chi connectivity index (χ1n) is 11.5. The number of fused-ring (bicyclic) bond motifs is 7. The van der Waals surface area contributed by atoms with E-state index in [1.807, 2.05) is 0 Å². The predicted molar refractivity (Wildman–Crippen MR) is 112 cm³/mol. The first kappa shape index (κ1) is 20.2. The fourth-order valence-electron chi connectivity index (χ4n) is 8.90. The zero-order valence-corrected chi connectivity index (χ0v) is 18.9. The molecule has 0 amide bonds. The molecule has 0 bridgehead atoms.